The van der Waals surface area contributed by atoms with Crippen molar-refractivity contribution in [3.8, 4) is 5.75 Å². The molecule has 0 bridgehead atoms. The summed E-state index contributed by atoms with van der Waals surface area (Å²) in [4.78, 5) is 14.3. The van der Waals surface area contributed by atoms with E-state index < -0.39 is 0 Å². The van der Waals surface area contributed by atoms with Crippen LogP contribution >= 0.6 is 0 Å². The average molecular weight is 339 g/mol. The third kappa shape index (κ3) is 4.97. The van der Waals surface area contributed by atoms with Gasteiger partial charge in [-0.3, -0.25) is 4.90 Å². The quantitative estimate of drug-likeness (QED) is 0.850. The lowest BCUT2D eigenvalue weighted by Gasteiger charge is -2.28. The van der Waals surface area contributed by atoms with E-state index in [-0.39, 0.29) is 6.03 Å². The Bertz CT molecular complexity index is 718. The van der Waals surface area contributed by atoms with Crippen molar-refractivity contribution in [2.45, 2.75) is 19.5 Å². The molecule has 0 spiro atoms. The van der Waals surface area contributed by atoms with Gasteiger partial charge in [0.1, 0.15) is 5.75 Å². The summed E-state index contributed by atoms with van der Waals surface area (Å²) in [7, 11) is 1.64. The van der Waals surface area contributed by atoms with Crippen LogP contribution in [0, 0.1) is 0 Å². The predicted octanol–water partition coefficient (Wildman–Crippen LogP) is 2.55. The largest absolute Gasteiger partial charge is 0.497 e. The maximum atomic E-state index is 11.9. The second-order valence-electron chi connectivity index (χ2n) is 6.26. The SMILES string of the molecule is COc1cccc(CNC(=O)NCCN2CCc3ccccc3C2)c1. The van der Waals surface area contributed by atoms with Gasteiger partial charge in [0.2, 0.25) is 0 Å². The second kappa shape index (κ2) is 8.53. The summed E-state index contributed by atoms with van der Waals surface area (Å²) in [5.41, 5.74) is 3.86. The lowest BCUT2D eigenvalue weighted by Crippen LogP contribution is -2.41. The lowest BCUT2D eigenvalue weighted by atomic mass is 10.00. The molecule has 1 heterocycles. The Morgan fingerprint density at radius 1 is 1.12 bits per heavy atom. The van der Waals surface area contributed by atoms with Gasteiger partial charge < -0.3 is 15.4 Å². The molecule has 1 aliphatic heterocycles. The highest BCUT2D eigenvalue weighted by Crippen LogP contribution is 2.17. The second-order valence-corrected chi connectivity index (χ2v) is 6.26. The van der Waals surface area contributed by atoms with Gasteiger partial charge in [-0.2, -0.15) is 0 Å². The van der Waals surface area contributed by atoms with Crippen molar-refractivity contribution in [3.63, 3.8) is 0 Å². The number of carbonyl (C=O) groups excluding carboxylic acids is 1. The summed E-state index contributed by atoms with van der Waals surface area (Å²) >= 11 is 0. The van der Waals surface area contributed by atoms with E-state index in [0.717, 1.165) is 37.4 Å². The number of amides is 2. The summed E-state index contributed by atoms with van der Waals surface area (Å²) in [6, 6.07) is 16.1. The fourth-order valence-electron chi connectivity index (χ4n) is 3.10. The van der Waals surface area contributed by atoms with Gasteiger partial charge in [-0.25, -0.2) is 4.79 Å². The molecule has 2 aromatic carbocycles. The molecule has 25 heavy (non-hydrogen) atoms. The highest BCUT2D eigenvalue weighted by Gasteiger charge is 2.15. The number of hydrogen-bond acceptors (Lipinski definition) is 3. The monoisotopic (exact) mass is 339 g/mol. The maximum Gasteiger partial charge on any atom is 0.315 e. The van der Waals surface area contributed by atoms with Crippen molar-refractivity contribution in [3.05, 3.63) is 65.2 Å². The summed E-state index contributed by atoms with van der Waals surface area (Å²) in [5, 5.41) is 5.81. The molecule has 3 rings (SSSR count). The molecule has 1 aliphatic rings. The van der Waals surface area contributed by atoms with E-state index in [9.17, 15) is 4.79 Å². The van der Waals surface area contributed by atoms with Gasteiger partial charge in [0, 0.05) is 32.7 Å². The van der Waals surface area contributed by atoms with Gasteiger partial charge in [-0.05, 0) is 35.2 Å². The highest BCUT2D eigenvalue weighted by atomic mass is 16.5. The number of nitrogens with one attached hydrogen (secondary N) is 2. The summed E-state index contributed by atoms with van der Waals surface area (Å²) in [6.07, 6.45) is 1.08. The third-order valence-corrected chi connectivity index (χ3v) is 4.51. The number of fused-ring (bicyclic) bond motifs is 1. The van der Waals surface area contributed by atoms with Crippen LogP contribution in [0.1, 0.15) is 16.7 Å². The van der Waals surface area contributed by atoms with Crippen molar-refractivity contribution >= 4 is 6.03 Å². The zero-order chi connectivity index (χ0) is 17.5. The number of methoxy groups -OCH3 is 1. The van der Waals surface area contributed by atoms with Gasteiger partial charge in [0.05, 0.1) is 7.11 Å². The Hall–Kier alpha value is -2.53. The molecule has 5 heteroatoms. The first-order valence-corrected chi connectivity index (χ1v) is 8.68. The molecular formula is C20H25N3O2. The summed E-state index contributed by atoms with van der Waals surface area (Å²) in [6.45, 7) is 4.00. The normalized spacial score (nSPS) is 13.8. The molecule has 0 aromatic heterocycles. The molecule has 5 nitrogen and oxygen atoms in total. The van der Waals surface area contributed by atoms with E-state index in [2.05, 4.69) is 39.8 Å². The number of benzene rings is 2. The van der Waals surface area contributed by atoms with Gasteiger partial charge in [0.15, 0.2) is 0 Å². The Labute approximate surface area is 149 Å². The van der Waals surface area contributed by atoms with Crippen LogP contribution in [-0.4, -0.2) is 37.7 Å². The highest BCUT2D eigenvalue weighted by molar-refractivity contribution is 5.73. The first kappa shape index (κ1) is 17.3. The fourth-order valence-corrected chi connectivity index (χ4v) is 3.10. The van der Waals surface area contributed by atoms with Crippen molar-refractivity contribution in [1.29, 1.82) is 0 Å². The van der Waals surface area contributed by atoms with Crippen molar-refractivity contribution in [1.82, 2.24) is 15.5 Å². The minimum atomic E-state index is -0.139. The van der Waals surface area contributed by atoms with E-state index in [4.69, 9.17) is 4.74 Å². The van der Waals surface area contributed by atoms with Crippen LogP contribution in [0.4, 0.5) is 4.79 Å². The van der Waals surface area contributed by atoms with Crippen LogP contribution < -0.4 is 15.4 Å². The minimum absolute atomic E-state index is 0.139. The van der Waals surface area contributed by atoms with Crippen LogP contribution in [0.2, 0.25) is 0 Å². The Morgan fingerprint density at radius 3 is 2.80 bits per heavy atom. The zero-order valence-electron chi connectivity index (χ0n) is 14.6. The van der Waals surface area contributed by atoms with Crippen LogP contribution in [0.3, 0.4) is 0 Å². The topological polar surface area (TPSA) is 53.6 Å². The molecule has 2 N–H and O–H groups in total. The molecular weight excluding hydrogens is 314 g/mol. The van der Waals surface area contributed by atoms with E-state index in [1.807, 2.05) is 24.3 Å². The fraction of sp³-hybridized carbons (Fsp3) is 0.350. The number of rotatable bonds is 6. The first-order valence-electron chi connectivity index (χ1n) is 8.68. The van der Waals surface area contributed by atoms with Crippen molar-refractivity contribution in [2.24, 2.45) is 0 Å². The maximum absolute atomic E-state index is 11.9. The molecule has 0 aliphatic carbocycles. The van der Waals surface area contributed by atoms with Gasteiger partial charge >= 0.3 is 6.03 Å². The van der Waals surface area contributed by atoms with Gasteiger partial charge in [-0.15, -0.1) is 0 Å². The molecule has 2 amide bonds. The molecule has 0 fully saturated rings. The van der Waals surface area contributed by atoms with Crippen LogP contribution in [0.5, 0.6) is 5.75 Å². The smallest absolute Gasteiger partial charge is 0.315 e. The molecule has 0 saturated heterocycles. The van der Waals surface area contributed by atoms with Gasteiger partial charge in [-0.1, -0.05) is 36.4 Å². The molecule has 0 radical (unpaired) electrons. The number of hydrogen-bond donors (Lipinski definition) is 2. The number of urea groups is 1. The van der Waals surface area contributed by atoms with E-state index >= 15 is 0 Å². The average Bonchev–Trinajstić information content (AvgIpc) is 2.66. The summed E-state index contributed by atoms with van der Waals surface area (Å²) in [5.74, 6) is 0.796. The Morgan fingerprint density at radius 2 is 1.96 bits per heavy atom. The van der Waals surface area contributed by atoms with Crippen molar-refractivity contribution < 1.29 is 9.53 Å². The van der Waals surface area contributed by atoms with Gasteiger partial charge in [0.25, 0.3) is 0 Å². The first-order chi connectivity index (χ1) is 12.2. The number of carbonyl (C=O) groups is 1. The Kier molecular flexibility index (Phi) is 5.90. The van der Waals surface area contributed by atoms with Crippen LogP contribution in [0.15, 0.2) is 48.5 Å². The van der Waals surface area contributed by atoms with Crippen molar-refractivity contribution in [2.75, 3.05) is 26.7 Å². The molecule has 0 saturated carbocycles. The van der Waals surface area contributed by atoms with Crippen LogP contribution in [-0.2, 0) is 19.5 Å². The minimum Gasteiger partial charge on any atom is -0.497 e. The lowest BCUT2D eigenvalue weighted by molar-refractivity contribution is 0.230. The third-order valence-electron chi connectivity index (χ3n) is 4.51. The molecule has 0 unspecified atom stereocenters. The number of ether oxygens (including phenoxy) is 1. The van der Waals surface area contributed by atoms with Crippen LogP contribution in [0.25, 0.3) is 0 Å². The molecule has 0 atom stereocenters. The predicted molar refractivity (Wildman–Crippen MR) is 98.7 cm³/mol. The number of nitrogens with zero attached hydrogens (tertiary/aromatic N) is 1. The Balaban J connectivity index is 1.37. The van der Waals surface area contributed by atoms with E-state index in [1.54, 1.807) is 7.11 Å². The molecule has 2 aromatic rings. The zero-order valence-corrected chi connectivity index (χ0v) is 14.6. The molecule has 132 valence electrons. The standard InChI is InChI=1S/C20H25N3O2/c1-25-19-8-4-5-16(13-19)14-22-20(24)21-10-12-23-11-9-17-6-2-3-7-18(17)15-23/h2-8,13H,9-12,14-15H2,1H3,(H2,21,22,24). The summed E-state index contributed by atoms with van der Waals surface area (Å²) < 4.78 is 5.18. The van der Waals surface area contributed by atoms with E-state index in [0.29, 0.717) is 13.1 Å². The van der Waals surface area contributed by atoms with E-state index in [1.165, 1.54) is 11.1 Å².